The number of benzene rings is 1. The van der Waals surface area contributed by atoms with Gasteiger partial charge in [-0.1, -0.05) is 6.07 Å². The third-order valence-corrected chi connectivity index (χ3v) is 5.56. The summed E-state index contributed by atoms with van der Waals surface area (Å²) in [5.41, 5.74) is 3.57. The van der Waals surface area contributed by atoms with Gasteiger partial charge < -0.3 is 10.1 Å². The number of nitrogens with one attached hydrogen (secondary N) is 1. The molecule has 2 heterocycles. The van der Waals surface area contributed by atoms with Gasteiger partial charge in [0.15, 0.2) is 0 Å². The molecule has 4 nitrogen and oxygen atoms in total. The number of thiophene rings is 1. The molecule has 0 bridgehead atoms. The molecule has 0 spiro atoms. The fourth-order valence-corrected chi connectivity index (χ4v) is 4.46. The van der Waals surface area contributed by atoms with Crippen molar-refractivity contribution in [2.24, 2.45) is 0 Å². The third kappa shape index (κ3) is 2.55. The number of anilines is 2. The highest BCUT2D eigenvalue weighted by molar-refractivity contribution is 7.19. The number of aromatic nitrogens is 2. The third-order valence-electron chi connectivity index (χ3n) is 4.36. The molecule has 0 saturated heterocycles. The predicted molar refractivity (Wildman–Crippen MR) is 95.1 cm³/mol. The first-order valence-corrected chi connectivity index (χ1v) is 8.75. The summed E-state index contributed by atoms with van der Waals surface area (Å²) in [7, 11) is 1.69. The van der Waals surface area contributed by atoms with Crippen LogP contribution in [-0.2, 0) is 12.8 Å². The van der Waals surface area contributed by atoms with E-state index in [1.165, 1.54) is 40.7 Å². The Bertz CT molecular complexity index is 872. The first kappa shape index (κ1) is 14.5. The minimum atomic E-state index is 0.825. The summed E-state index contributed by atoms with van der Waals surface area (Å²) in [6.07, 6.45) is 6.48. The summed E-state index contributed by atoms with van der Waals surface area (Å²) >= 11 is 1.82. The standard InChI is InChI=1S/C18H19N3OS/c1-11-7-8-14(22-2)13(9-11)21-17-16-12-5-3-4-6-15(12)23-18(16)20-10-19-17/h7-10H,3-6H2,1-2H3,(H,19,20,21). The second-order valence-corrected chi connectivity index (χ2v) is 7.03. The van der Waals surface area contributed by atoms with Gasteiger partial charge in [-0.3, -0.25) is 0 Å². The van der Waals surface area contributed by atoms with Crippen LogP contribution in [0.1, 0.15) is 28.8 Å². The van der Waals surface area contributed by atoms with Crippen LogP contribution >= 0.6 is 11.3 Å². The number of nitrogens with zero attached hydrogens (tertiary/aromatic N) is 2. The number of methoxy groups -OCH3 is 1. The highest BCUT2D eigenvalue weighted by atomic mass is 32.1. The Labute approximate surface area is 139 Å². The molecule has 0 fully saturated rings. The van der Waals surface area contributed by atoms with Crippen LogP contribution in [0, 0.1) is 6.92 Å². The van der Waals surface area contributed by atoms with Gasteiger partial charge in [-0.05, 0) is 55.9 Å². The average Bonchev–Trinajstić information content (AvgIpc) is 2.94. The lowest BCUT2D eigenvalue weighted by Crippen LogP contribution is -2.02. The zero-order valence-corrected chi connectivity index (χ0v) is 14.2. The van der Waals surface area contributed by atoms with Gasteiger partial charge >= 0.3 is 0 Å². The normalized spacial score (nSPS) is 13.8. The molecular formula is C18H19N3OS. The summed E-state index contributed by atoms with van der Waals surface area (Å²) in [4.78, 5) is 11.6. The van der Waals surface area contributed by atoms with Crippen molar-refractivity contribution in [3.05, 3.63) is 40.5 Å². The number of ether oxygens (including phenoxy) is 1. The van der Waals surface area contributed by atoms with Crippen LogP contribution in [0.4, 0.5) is 11.5 Å². The Kier molecular flexibility index (Phi) is 3.65. The molecule has 0 unspecified atom stereocenters. The molecule has 1 aromatic carbocycles. The smallest absolute Gasteiger partial charge is 0.142 e. The van der Waals surface area contributed by atoms with Gasteiger partial charge in [0, 0.05) is 4.88 Å². The molecule has 0 saturated carbocycles. The highest BCUT2D eigenvalue weighted by Crippen LogP contribution is 2.39. The lowest BCUT2D eigenvalue weighted by molar-refractivity contribution is 0.416. The molecule has 5 heteroatoms. The van der Waals surface area contributed by atoms with Crippen molar-refractivity contribution in [1.82, 2.24) is 9.97 Å². The number of rotatable bonds is 3. The molecule has 0 amide bonds. The molecule has 3 aromatic rings. The molecule has 1 aliphatic rings. The largest absolute Gasteiger partial charge is 0.495 e. The van der Waals surface area contributed by atoms with Gasteiger partial charge in [0.25, 0.3) is 0 Å². The summed E-state index contributed by atoms with van der Waals surface area (Å²) in [6, 6.07) is 6.12. The summed E-state index contributed by atoms with van der Waals surface area (Å²) in [5.74, 6) is 1.71. The molecule has 1 aliphatic carbocycles. The molecule has 4 rings (SSSR count). The molecular weight excluding hydrogens is 306 g/mol. The second-order valence-electron chi connectivity index (χ2n) is 5.94. The molecule has 0 atom stereocenters. The monoisotopic (exact) mass is 325 g/mol. The predicted octanol–water partition coefficient (Wildman–Crippen LogP) is 4.63. The van der Waals surface area contributed by atoms with Crippen LogP contribution in [0.5, 0.6) is 5.75 Å². The fraction of sp³-hybridized carbons (Fsp3) is 0.333. The van der Waals surface area contributed by atoms with E-state index in [-0.39, 0.29) is 0 Å². The first-order chi connectivity index (χ1) is 11.3. The van der Waals surface area contributed by atoms with Gasteiger partial charge in [0.2, 0.25) is 0 Å². The van der Waals surface area contributed by atoms with Crippen molar-refractivity contribution >= 4 is 33.1 Å². The van der Waals surface area contributed by atoms with Crippen molar-refractivity contribution in [3.8, 4) is 5.75 Å². The van der Waals surface area contributed by atoms with E-state index in [0.29, 0.717) is 0 Å². The van der Waals surface area contributed by atoms with Crippen molar-refractivity contribution in [3.63, 3.8) is 0 Å². The minimum Gasteiger partial charge on any atom is -0.495 e. The molecule has 23 heavy (non-hydrogen) atoms. The maximum atomic E-state index is 5.48. The van der Waals surface area contributed by atoms with Crippen LogP contribution in [0.15, 0.2) is 24.5 Å². The minimum absolute atomic E-state index is 0.825. The SMILES string of the molecule is COc1ccc(C)cc1Nc1ncnc2sc3c(c12)CCCC3. The molecule has 2 aromatic heterocycles. The topological polar surface area (TPSA) is 47.0 Å². The summed E-state index contributed by atoms with van der Waals surface area (Å²) < 4.78 is 5.48. The zero-order valence-electron chi connectivity index (χ0n) is 13.3. The van der Waals surface area contributed by atoms with Crippen molar-refractivity contribution in [2.45, 2.75) is 32.6 Å². The molecule has 0 aliphatic heterocycles. The van der Waals surface area contributed by atoms with Crippen LogP contribution in [0.25, 0.3) is 10.2 Å². The Morgan fingerprint density at radius 3 is 2.91 bits per heavy atom. The van der Waals surface area contributed by atoms with Crippen molar-refractivity contribution in [1.29, 1.82) is 0 Å². The second kappa shape index (κ2) is 5.81. The number of hydrogen-bond donors (Lipinski definition) is 1. The maximum Gasteiger partial charge on any atom is 0.142 e. The van der Waals surface area contributed by atoms with E-state index in [9.17, 15) is 0 Å². The van der Waals surface area contributed by atoms with Gasteiger partial charge in [-0.25, -0.2) is 9.97 Å². The fourth-order valence-electron chi connectivity index (χ4n) is 3.23. The first-order valence-electron chi connectivity index (χ1n) is 7.93. The van der Waals surface area contributed by atoms with Gasteiger partial charge in [0.1, 0.15) is 22.7 Å². The van der Waals surface area contributed by atoms with E-state index in [4.69, 9.17) is 4.74 Å². The molecule has 118 valence electrons. The summed E-state index contributed by atoms with van der Waals surface area (Å²) in [5, 5.41) is 4.66. The van der Waals surface area contributed by atoms with Crippen LogP contribution < -0.4 is 10.1 Å². The van der Waals surface area contributed by atoms with E-state index in [1.54, 1.807) is 13.4 Å². The van der Waals surface area contributed by atoms with E-state index < -0.39 is 0 Å². The van der Waals surface area contributed by atoms with Gasteiger partial charge in [0.05, 0.1) is 18.2 Å². The summed E-state index contributed by atoms with van der Waals surface area (Å²) in [6.45, 7) is 2.08. The van der Waals surface area contributed by atoms with E-state index in [0.717, 1.165) is 28.5 Å². The Balaban J connectivity index is 1.83. The molecule has 0 radical (unpaired) electrons. The lowest BCUT2D eigenvalue weighted by Gasteiger charge is -2.14. The lowest BCUT2D eigenvalue weighted by atomic mass is 9.97. The Morgan fingerprint density at radius 1 is 1.17 bits per heavy atom. The quantitative estimate of drug-likeness (QED) is 0.762. The molecule has 1 N–H and O–H groups in total. The van der Waals surface area contributed by atoms with Crippen LogP contribution in [0.2, 0.25) is 0 Å². The highest BCUT2D eigenvalue weighted by Gasteiger charge is 2.20. The van der Waals surface area contributed by atoms with Gasteiger partial charge in [-0.2, -0.15) is 0 Å². The van der Waals surface area contributed by atoms with E-state index in [1.807, 2.05) is 23.5 Å². The van der Waals surface area contributed by atoms with Crippen LogP contribution in [0.3, 0.4) is 0 Å². The van der Waals surface area contributed by atoms with E-state index >= 15 is 0 Å². The number of aryl methyl sites for hydroxylation is 3. The Morgan fingerprint density at radius 2 is 2.04 bits per heavy atom. The van der Waals surface area contributed by atoms with Crippen molar-refractivity contribution in [2.75, 3.05) is 12.4 Å². The average molecular weight is 325 g/mol. The Hall–Kier alpha value is -2.14. The van der Waals surface area contributed by atoms with Crippen LogP contribution in [-0.4, -0.2) is 17.1 Å². The van der Waals surface area contributed by atoms with Gasteiger partial charge in [-0.15, -0.1) is 11.3 Å². The van der Waals surface area contributed by atoms with Crippen molar-refractivity contribution < 1.29 is 4.74 Å². The zero-order chi connectivity index (χ0) is 15.8. The maximum absolute atomic E-state index is 5.48. The number of fused-ring (bicyclic) bond motifs is 3. The van der Waals surface area contributed by atoms with E-state index in [2.05, 4.69) is 28.3 Å². The number of hydrogen-bond acceptors (Lipinski definition) is 5.